The molecule has 146 valence electrons. The van der Waals surface area contributed by atoms with Crippen LogP contribution in [0, 0.1) is 0 Å². The summed E-state index contributed by atoms with van der Waals surface area (Å²) in [7, 11) is -3.15. The number of nitrogens with one attached hydrogen (secondary N) is 1. The molecule has 0 radical (unpaired) electrons. The number of esters is 1. The fraction of sp³-hybridized carbons (Fsp3) is 0.389. The molecule has 1 atom stereocenters. The minimum absolute atomic E-state index is 0.0682. The van der Waals surface area contributed by atoms with Crippen molar-refractivity contribution in [2.45, 2.75) is 38.7 Å². The predicted octanol–water partition coefficient (Wildman–Crippen LogP) is 2.19. The largest absolute Gasteiger partial charge is 0.449 e. The van der Waals surface area contributed by atoms with Gasteiger partial charge in [0.15, 0.2) is 15.9 Å². The van der Waals surface area contributed by atoms with Crippen molar-refractivity contribution in [3.8, 4) is 0 Å². The first kappa shape index (κ1) is 20.6. The second-order valence-corrected chi connectivity index (χ2v) is 8.70. The Hall–Kier alpha value is -2.68. The van der Waals surface area contributed by atoms with Gasteiger partial charge >= 0.3 is 5.97 Å². The number of ether oxygens (including phenoxy) is 1. The topological polar surface area (TPSA) is 107 Å². The molecule has 1 aromatic heterocycles. The molecule has 0 saturated carbocycles. The van der Waals surface area contributed by atoms with Crippen molar-refractivity contribution >= 4 is 27.5 Å². The zero-order chi connectivity index (χ0) is 20.2. The lowest BCUT2D eigenvalue weighted by Gasteiger charge is -2.15. The van der Waals surface area contributed by atoms with Crippen molar-refractivity contribution in [2.24, 2.45) is 0 Å². The van der Waals surface area contributed by atoms with E-state index in [-0.39, 0.29) is 17.4 Å². The van der Waals surface area contributed by atoms with Crippen molar-refractivity contribution in [1.29, 1.82) is 0 Å². The van der Waals surface area contributed by atoms with Crippen LogP contribution in [-0.4, -0.2) is 42.4 Å². The second kappa shape index (κ2) is 8.34. The number of hydrogen-bond acceptors (Lipinski definition) is 6. The molecule has 9 heteroatoms. The standard InChI is InChI=1S/C18H23N3O5S/c1-12(2)21-16(9-10-19-21)20-17(22)13(3)26-18(23)15-7-5-14(6-8-15)11-27(4,24)25/h5-10,12-13H,11H2,1-4H3,(H,20,22)/t13-/m1/s1. The van der Waals surface area contributed by atoms with Gasteiger partial charge in [0.1, 0.15) is 5.82 Å². The highest BCUT2D eigenvalue weighted by atomic mass is 32.2. The number of sulfone groups is 1. The molecule has 0 fully saturated rings. The van der Waals surface area contributed by atoms with Gasteiger partial charge in [-0.2, -0.15) is 5.10 Å². The molecule has 1 aromatic carbocycles. The highest BCUT2D eigenvalue weighted by Gasteiger charge is 2.20. The average molecular weight is 393 g/mol. The van der Waals surface area contributed by atoms with E-state index in [2.05, 4.69) is 10.4 Å². The first-order chi connectivity index (χ1) is 12.6. The number of aromatic nitrogens is 2. The molecule has 27 heavy (non-hydrogen) atoms. The molecule has 1 heterocycles. The minimum Gasteiger partial charge on any atom is -0.449 e. The predicted molar refractivity (Wildman–Crippen MR) is 101 cm³/mol. The summed E-state index contributed by atoms with van der Waals surface area (Å²) in [5.41, 5.74) is 0.806. The molecule has 0 bridgehead atoms. The van der Waals surface area contributed by atoms with Gasteiger partial charge in [0.2, 0.25) is 0 Å². The van der Waals surface area contributed by atoms with Crippen LogP contribution in [0.15, 0.2) is 36.5 Å². The molecule has 1 amide bonds. The molecular formula is C18H23N3O5S. The Balaban J connectivity index is 1.98. The summed E-state index contributed by atoms with van der Waals surface area (Å²) in [5.74, 6) is -0.728. The van der Waals surface area contributed by atoms with Gasteiger partial charge in [-0.05, 0) is 38.5 Å². The summed E-state index contributed by atoms with van der Waals surface area (Å²) < 4.78 is 29.4. The molecule has 2 rings (SSSR count). The van der Waals surface area contributed by atoms with Gasteiger partial charge in [-0.15, -0.1) is 0 Å². The molecule has 1 N–H and O–H groups in total. The van der Waals surface area contributed by atoms with Crippen molar-refractivity contribution in [3.05, 3.63) is 47.7 Å². The molecule has 0 saturated heterocycles. The van der Waals surface area contributed by atoms with Crippen LogP contribution in [0.5, 0.6) is 0 Å². The average Bonchev–Trinajstić information content (AvgIpc) is 3.02. The van der Waals surface area contributed by atoms with E-state index in [0.29, 0.717) is 11.4 Å². The van der Waals surface area contributed by atoms with Gasteiger partial charge in [0, 0.05) is 18.4 Å². The number of anilines is 1. The zero-order valence-electron chi connectivity index (χ0n) is 15.7. The van der Waals surface area contributed by atoms with Gasteiger partial charge in [0.25, 0.3) is 5.91 Å². The number of amides is 1. The van der Waals surface area contributed by atoms with Crippen LogP contribution in [0.3, 0.4) is 0 Å². The Morgan fingerprint density at radius 1 is 1.15 bits per heavy atom. The van der Waals surface area contributed by atoms with E-state index >= 15 is 0 Å². The summed E-state index contributed by atoms with van der Waals surface area (Å²) in [6.07, 6.45) is 1.70. The number of hydrogen-bond donors (Lipinski definition) is 1. The van der Waals surface area contributed by atoms with Crippen LogP contribution in [0.25, 0.3) is 0 Å². The first-order valence-electron chi connectivity index (χ1n) is 8.39. The van der Waals surface area contributed by atoms with E-state index in [1.165, 1.54) is 19.1 Å². The molecule has 0 spiro atoms. The lowest BCUT2D eigenvalue weighted by atomic mass is 10.1. The maximum absolute atomic E-state index is 12.3. The number of carbonyl (C=O) groups excluding carboxylic acids is 2. The molecular weight excluding hydrogens is 370 g/mol. The molecule has 0 aliphatic heterocycles. The third-order valence-corrected chi connectivity index (χ3v) is 4.54. The van der Waals surface area contributed by atoms with Gasteiger partial charge < -0.3 is 10.1 Å². The maximum atomic E-state index is 12.3. The van der Waals surface area contributed by atoms with Gasteiger partial charge in [-0.3, -0.25) is 4.79 Å². The van der Waals surface area contributed by atoms with Crippen LogP contribution >= 0.6 is 0 Å². The van der Waals surface area contributed by atoms with E-state index in [0.717, 1.165) is 6.26 Å². The van der Waals surface area contributed by atoms with Crippen molar-refractivity contribution in [3.63, 3.8) is 0 Å². The van der Waals surface area contributed by atoms with E-state index in [4.69, 9.17) is 4.74 Å². The summed E-state index contributed by atoms with van der Waals surface area (Å²) in [5, 5.41) is 6.80. The highest BCUT2D eigenvalue weighted by molar-refractivity contribution is 7.89. The lowest BCUT2D eigenvalue weighted by Crippen LogP contribution is -2.31. The summed E-state index contributed by atoms with van der Waals surface area (Å²) >= 11 is 0. The monoisotopic (exact) mass is 393 g/mol. The molecule has 2 aromatic rings. The van der Waals surface area contributed by atoms with Crippen molar-refractivity contribution in [2.75, 3.05) is 11.6 Å². The fourth-order valence-electron chi connectivity index (χ4n) is 2.37. The molecule has 0 aliphatic carbocycles. The van der Waals surface area contributed by atoms with E-state index in [1.54, 1.807) is 29.1 Å². The summed E-state index contributed by atoms with van der Waals surface area (Å²) in [6.45, 7) is 5.33. The van der Waals surface area contributed by atoms with Crippen molar-refractivity contribution < 1.29 is 22.7 Å². The van der Waals surface area contributed by atoms with Crippen LogP contribution in [0.1, 0.15) is 42.7 Å². The number of nitrogens with zero attached hydrogens (tertiary/aromatic N) is 2. The minimum atomic E-state index is -3.15. The Kier molecular flexibility index (Phi) is 6.37. The highest BCUT2D eigenvalue weighted by Crippen LogP contribution is 2.14. The van der Waals surface area contributed by atoms with Crippen LogP contribution in [0.2, 0.25) is 0 Å². The SMILES string of the molecule is CC(C)n1nccc1NC(=O)[C@@H](C)OC(=O)c1ccc(CS(C)(=O)=O)cc1. The number of carbonyl (C=O) groups is 2. The Morgan fingerprint density at radius 3 is 2.33 bits per heavy atom. The van der Waals surface area contributed by atoms with Gasteiger partial charge in [-0.25, -0.2) is 17.9 Å². The first-order valence-corrected chi connectivity index (χ1v) is 10.4. The Labute approximate surface area is 158 Å². The van der Waals surface area contributed by atoms with Gasteiger partial charge in [0.05, 0.1) is 17.5 Å². The van der Waals surface area contributed by atoms with E-state index in [1.807, 2.05) is 13.8 Å². The normalized spacial score (nSPS) is 12.6. The molecule has 8 nitrogen and oxygen atoms in total. The molecule has 0 aliphatic rings. The summed E-state index contributed by atoms with van der Waals surface area (Å²) in [6, 6.07) is 7.77. The fourth-order valence-corrected chi connectivity index (χ4v) is 3.17. The number of rotatable bonds is 7. The van der Waals surface area contributed by atoms with Crippen LogP contribution in [0.4, 0.5) is 5.82 Å². The quantitative estimate of drug-likeness (QED) is 0.723. The Morgan fingerprint density at radius 2 is 1.78 bits per heavy atom. The maximum Gasteiger partial charge on any atom is 0.338 e. The summed E-state index contributed by atoms with van der Waals surface area (Å²) in [4.78, 5) is 24.5. The smallest absolute Gasteiger partial charge is 0.338 e. The lowest BCUT2D eigenvalue weighted by molar-refractivity contribution is -0.123. The third kappa shape index (κ3) is 5.92. The second-order valence-electron chi connectivity index (χ2n) is 6.56. The zero-order valence-corrected chi connectivity index (χ0v) is 16.5. The molecule has 0 unspecified atom stereocenters. The van der Waals surface area contributed by atoms with Gasteiger partial charge in [-0.1, -0.05) is 12.1 Å². The van der Waals surface area contributed by atoms with Crippen LogP contribution in [-0.2, 0) is 25.1 Å². The Bertz CT molecular complexity index is 917. The number of benzene rings is 1. The van der Waals surface area contributed by atoms with E-state index < -0.39 is 27.8 Å². The van der Waals surface area contributed by atoms with E-state index in [9.17, 15) is 18.0 Å². The van der Waals surface area contributed by atoms with Crippen LogP contribution < -0.4 is 5.32 Å². The third-order valence-electron chi connectivity index (χ3n) is 3.68. The van der Waals surface area contributed by atoms with Crippen molar-refractivity contribution in [1.82, 2.24) is 9.78 Å².